The van der Waals surface area contributed by atoms with E-state index >= 15 is 0 Å². The van der Waals surface area contributed by atoms with E-state index in [9.17, 15) is 4.39 Å². The Morgan fingerprint density at radius 2 is 2.35 bits per heavy atom. The summed E-state index contributed by atoms with van der Waals surface area (Å²) in [6.07, 6.45) is 1.94. The molecule has 3 unspecified atom stereocenters. The molecule has 2 N–H and O–H groups in total. The van der Waals surface area contributed by atoms with E-state index in [1.165, 1.54) is 6.07 Å². The summed E-state index contributed by atoms with van der Waals surface area (Å²) in [5.41, 5.74) is 0.617. The van der Waals surface area contributed by atoms with E-state index in [0.717, 1.165) is 45.1 Å². The van der Waals surface area contributed by atoms with Gasteiger partial charge in [-0.05, 0) is 31.9 Å². The molecule has 2 aliphatic rings. The summed E-state index contributed by atoms with van der Waals surface area (Å²) in [7, 11) is 0. The maximum Gasteiger partial charge on any atom is 0.191 e. The Hall–Kier alpha value is -1.33. The number of hydrogen-bond donors (Lipinski definition) is 2. The molecule has 1 aliphatic heterocycles. The van der Waals surface area contributed by atoms with Crippen LogP contribution < -0.4 is 10.6 Å². The van der Waals surface area contributed by atoms with Gasteiger partial charge in [0, 0.05) is 48.2 Å². The van der Waals surface area contributed by atoms with Crippen molar-refractivity contribution in [3.05, 3.63) is 34.6 Å². The van der Waals surface area contributed by atoms with E-state index < -0.39 is 0 Å². The predicted octanol–water partition coefficient (Wildman–Crippen LogP) is 2.93. The number of ether oxygens (including phenoxy) is 1. The van der Waals surface area contributed by atoms with Gasteiger partial charge in [-0.2, -0.15) is 0 Å². The Balaban J connectivity index is 1.60. The molecule has 0 radical (unpaired) electrons. The first-order chi connectivity index (χ1) is 11.2. The fourth-order valence-corrected chi connectivity index (χ4v) is 3.28. The maximum absolute atomic E-state index is 14.0. The lowest BCUT2D eigenvalue weighted by Gasteiger charge is -2.13. The van der Waals surface area contributed by atoms with E-state index in [4.69, 9.17) is 16.3 Å². The van der Waals surface area contributed by atoms with Crippen LogP contribution in [0.15, 0.2) is 23.2 Å². The van der Waals surface area contributed by atoms with Crippen LogP contribution in [0.2, 0.25) is 5.02 Å². The van der Waals surface area contributed by atoms with Gasteiger partial charge >= 0.3 is 0 Å². The number of benzene rings is 1. The molecule has 1 aromatic rings. The predicted molar refractivity (Wildman–Crippen MR) is 90.6 cm³/mol. The lowest BCUT2D eigenvalue weighted by Crippen LogP contribution is -2.39. The van der Waals surface area contributed by atoms with Gasteiger partial charge in [0.05, 0.1) is 6.61 Å². The van der Waals surface area contributed by atoms with Gasteiger partial charge in [-0.3, -0.25) is 4.99 Å². The van der Waals surface area contributed by atoms with Gasteiger partial charge in [0.15, 0.2) is 5.96 Å². The Morgan fingerprint density at radius 1 is 1.48 bits per heavy atom. The molecule has 1 saturated heterocycles. The minimum Gasteiger partial charge on any atom is -0.381 e. The fraction of sp³-hybridized carbons (Fsp3) is 0.588. The summed E-state index contributed by atoms with van der Waals surface area (Å²) in [5.74, 6) is 1.18. The summed E-state index contributed by atoms with van der Waals surface area (Å²) in [6.45, 7) is 5.21. The van der Waals surface area contributed by atoms with Crippen molar-refractivity contribution in [2.45, 2.75) is 31.7 Å². The number of aliphatic imine (C=N–C) groups is 1. The van der Waals surface area contributed by atoms with Gasteiger partial charge in [-0.1, -0.05) is 17.7 Å². The average molecular weight is 340 g/mol. The van der Waals surface area contributed by atoms with Gasteiger partial charge in [0.25, 0.3) is 0 Å². The van der Waals surface area contributed by atoms with Crippen LogP contribution >= 0.6 is 11.6 Å². The molecule has 0 amide bonds. The van der Waals surface area contributed by atoms with E-state index in [-0.39, 0.29) is 17.8 Å². The maximum atomic E-state index is 14.0. The zero-order valence-corrected chi connectivity index (χ0v) is 14.1. The third kappa shape index (κ3) is 4.15. The summed E-state index contributed by atoms with van der Waals surface area (Å²) in [4.78, 5) is 4.64. The molecule has 3 rings (SSSR count). The molecule has 0 aromatic heterocycles. The second-order valence-corrected chi connectivity index (χ2v) is 6.58. The molecule has 23 heavy (non-hydrogen) atoms. The molecule has 3 atom stereocenters. The molecule has 0 spiro atoms. The lowest BCUT2D eigenvalue weighted by molar-refractivity contribution is 0.187. The zero-order chi connectivity index (χ0) is 16.2. The first-order valence-corrected chi connectivity index (χ1v) is 8.63. The Kier molecular flexibility index (Phi) is 5.38. The van der Waals surface area contributed by atoms with Crippen molar-refractivity contribution in [3.63, 3.8) is 0 Å². The third-order valence-corrected chi connectivity index (χ3v) is 4.69. The van der Waals surface area contributed by atoms with Crippen LogP contribution in [0, 0.1) is 11.7 Å². The SMILES string of the molecule is CCNC(=NCC1CCOC1)NC1CC1c1c(F)cccc1Cl. The van der Waals surface area contributed by atoms with Gasteiger partial charge in [-0.25, -0.2) is 4.39 Å². The molecule has 4 nitrogen and oxygen atoms in total. The van der Waals surface area contributed by atoms with E-state index in [1.807, 2.05) is 6.92 Å². The van der Waals surface area contributed by atoms with Crippen LogP contribution in [-0.4, -0.2) is 38.3 Å². The summed E-state index contributed by atoms with van der Waals surface area (Å²) >= 11 is 6.15. The molecule has 2 fully saturated rings. The second kappa shape index (κ2) is 7.49. The standard InChI is InChI=1S/C17H23ClFN3O/c1-2-20-17(21-9-11-6-7-23-10-11)22-15-8-12(15)16-13(18)4-3-5-14(16)19/h3-5,11-12,15H,2,6-10H2,1H3,(H2,20,21,22). The molecule has 126 valence electrons. The van der Waals surface area contributed by atoms with E-state index in [2.05, 4.69) is 15.6 Å². The van der Waals surface area contributed by atoms with Gasteiger partial charge in [0.1, 0.15) is 5.82 Å². The first kappa shape index (κ1) is 16.5. The van der Waals surface area contributed by atoms with Crippen LogP contribution in [-0.2, 0) is 4.74 Å². The van der Waals surface area contributed by atoms with Crippen molar-refractivity contribution < 1.29 is 9.13 Å². The van der Waals surface area contributed by atoms with Crippen LogP contribution in [0.4, 0.5) is 4.39 Å². The number of halogens is 2. The summed E-state index contributed by atoms with van der Waals surface area (Å²) in [5, 5.41) is 7.15. The van der Waals surface area contributed by atoms with Crippen LogP contribution in [0.25, 0.3) is 0 Å². The van der Waals surface area contributed by atoms with Crippen LogP contribution in [0.3, 0.4) is 0 Å². The largest absolute Gasteiger partial charge is 0.381 e. The molecular weight excluding hydrogens is 317 g/mol. The quantitative estimate of drug-likeness (QED) is 0.640. The molecular formula is C17H23ClFN3O. The molecule has 1 saturated carbocycles. The van der Waals surface area contributed by atoms with Gasteiger partial charge in [-0.15, -0.1) is 0 Å². The summed E-state index contributed by atoms with van der Waals surface area (Å²) < 4.78 is 19.4. The van der Waals surface area contributed by atoms with Crippen molar-refractivity contribution >= 4 is 17.6 Å². The van der Waals surface area contributed by atoms with Crippen LogP contribution in [0.1, 0.15) is 31.2 Å². The Morgan fingerprint density at radius 3 is 3.04 bits per heavy atom. The first-order valence-electron chi connectivity index (χ1n) is 8.25. The summed E-state index contributed by atoms with van der Waals surface area (Å²) in [6, 6.07) is 5.04. The van der Waals surface area contributed by atoms with E-state index in [1.54, 1.807) is 12.1 Å². The van der Waals surface area contributed by atoms with Gasteiger partial charge < -0.3 is 15.4 Å². The topological polar surface area (TPSA) is 45.7 Å². The minimum atomic E-state index is -0.225. The number of hydrogen-bond acceptors (Lipinski definition) is 2. The van der Waals surface area contributed by atoms with Crippen molar-refractivity contribution in [2.75, 3.05) is 26.3 Å². The zero-order valence-electron chi connectivity index (χ0n) is 13.3. The fourth-order valence-electron chi connectivity index (χ4n) is 2.98. The normalized spacial score (nSPS) is 27.1. The second-order valence-electron chi connectivity index (χ2n) is 6.18. The lowest BCUT2D eigenvalue weighted by atomic mass is 10.1. The molecule has 0 bridgehead atoms. The number of nitrogens with zero attached hydrogens (tertiary/aromatic N) is 1. The highest BCUT2D eigenvalue weighted by molar-refractivity contribution is 6.31. The van der Waals surface area contributed by atoms with Crippen LogP contribution in [0.5, 0.6) is 0 Å². The number of guanidine groups is 1. The van der Waals surface area contributed by atoms with E-state index in [0.29, 0.717) is 16.5 Å². The highest BCUT2D eigenvalue weighted by atomic mass is 35.5. The molecule has 1 aromatic carbocycles. The number of rotatable bonds is 5. The smallest absolute Gasteiger partial charge is 0.191 e. The highest BCUT2D eigenvalue weighted by Gasteiger charge is 2.41. The minimum absolute atomic E-state index is 0.113. The van der Waals surface area contributed by atoms with Crippen molar-refractivity contribution in [1.29, 1.82) is 0 Å². The Bertz CT molecular complexity index is 555. The third-order valence-electron chi connectivity index (χ3n) is 4.36. The average Bonchev–Trinajstić information content (AvgIpc) is 3.06. The molecule has 6 heteroatoms. The number of nitrogens with one attached hydrogen (secondary N) is 2. The van der Waals surface area contributed by atoms with Gasteiger partial charge in [0.2, 0.25) is 0 Å². The molecule has 1 aliphatic carbocycles. The molecule has 1 heterocycles. The van der Waals surface area contributed by atoms with Crippen molar-refractivity contribution in [3.8, 4) is 0 Å². The highest BCUT2D eigenvalue weighted by Crippen LogP contribution is 2.44. The monoisotopic (exact) mass is 339 g/mol. The Labute approximate surface area is 141 Å². The van der Waals surface area contributed by atoms with Crippen molar-refractivity contribution in [1.82, 2.24) is 10.6 Å². The van der Waals surface area contributed by atoms with Crippen molar-refractivity contribution in [2.24, 2.45) is 10.9 Å².